The van der Waals surface area contributed by atoms with Gasteiger partial charge in [0.15, 0.2) is 11.4 Å². The zero-order valence-electron chi connectivity index (χ0n) is 17.7. The molecule has 12 heteroatoms. The molecule has 6 N–H and O–H groups in total. The molecule has 0 aromatic carbocycles. The van der Waals surface area contributed by atoms with Crippen LogP contribution in [0.5, 0.6) is 0 Å². The number of hydrogen-bond donors (Lipinski definition) is 5. The van der Waals surface area contributed by atoms with E-state index in [-0.39, 0.29) is 75.4 Å². The van der Waals surface area contributed by atoms with Gasteiger partial charge in [0, 0.05) is 44.2 Å². The van der Waals surface area contributed by atoms with Gasteiger partial charge in [0.1, 0.15) is 17.1 Å². The molecule has 4 atom stereocenters. The minimum absolute atomic E-state index is 0. The van der Waals surface area contributed by atoms with E-state index in [1.54, 1.807) is 0 Å². The summed E-state index contributed by atoms with van der Waals surface area (Å²) in [6.07, 6.45) is 3.50. The number of likely N-dealkylation sites (N-methyl/N-ethyl adjacent to an activating group) is 1. The van der Waals surface area contributed by atoms with Crippen LogP contribution in [-0.2, 0) is 47.1 Å². The molecular formula is C22H24N4O7Y. The number of aliphatic hydroxyl groups is 4. The number of nitrogens with two attached hydrogens (primary N) is 1. The van der Waals surface area contributed by atoms with Crippen LogP contribution < -0.4 is 5.73 Å². The van der Waals surface area contributed by atoms with Gasteiger partial charge in [0.05, 0.1) is 22.6 Å². The number of hydrogen-bond acceptors (Lipinski definition) is 9. The molecule has 4 aliphatic carbocycles. The predicted molar refractivity (Wildman–Crippen MR) is 113 cm³/mol. The molecule has 1 radical (unpaired) electrons. The molecule has 0 heterocycles. The first-order valence-corrected chi connectivity index (χ1v) is 9.73. The maximum Gasteiger partial charge on any atom is 0.283 e. The van der Waals surface area contributed by atoms with Crippen LogP contribution in [0.15, 0.2) is 51.3 Å². The van der Waals surface area contributed by atoms with E-state index >= 15 is 0 Å². The topological polar surface area (TPSA) is 190 Å². The van der Waals surface area contributed by atoms with Gasteiger partial charge in [-0.3, -0.25) is 14.5 Å². The minimum atomic E-state index is -2.60. The summed E-state index contributed by atoms with van der Waals surface area (Å²) in [6.45, 7) is 0. The molecule has 0 aromatic heterocycles. The van der Waals surface area contributed by atoms with Crippen molar-refractivity contribution >= 4 is 17.5 Å². The summed E-state index contributed by atoms with van der Waals surface area (Å²) in [4.78, 5) is 41.8. The average Bonchev–Trinajstić information content (AvgIpc) is 2.70. The smallest absolute Gasteiger partial charge is 0.283 e. The van der Waals surface area contributed by atoms with Crippen LogP contribution >= 0.6 is 0 Å². The fourth-order valence-electron chi connectivity index (χ4n) is 5.26. The molecule has 0 bridgehead atoms. The first-order valence-electron chi connectivity index (χ1n) is 9.73. The van der Waals surface area contributed by atoms with Crippen molar-refractivity contribution in [1.82, 2.24) is 4.90 Å². The molecule has 11 nitrogen and oxygen atoms in total. The van der Waals surface area contributed by atoms with Gasteiger partial charge in [0.2, 0.25) is 5.39 Å². The number of carbonyl (C=O) groups excluding carboxylic acids is 3. The average molecular weight is 545 g/mol. The first-order chi connectivity index (χ1) is 15.0. The Morgan fingerprint density at radius 3 is 2.41 bits per heavy atom. The summed E-state index contributed by atoms with van der Waals surface area (Å²) in [5.74, 6) is -7.28. The fraction of sp³-hybridized carbons (Fsp3) is 0.409. The Morgan fingerprint density at radius 2 is 1.88 bits per heavy atom. The number of ketones is 2. The van der Waals surface area contributed by atoms with Crippen molar-refractivity contribution in [3.05, 3.63) is 62.4 Å². The second kappa shape index (κ2) is 9.19. The second-order valence-electron chi connectivity index (χ2n) is 8.44. The largest absolute Gasteiger partial charge is 0.520 e. The normalized spacial score (nSPS) is 30.3. The number of rotatable bonds is 2. The monoisotopic (exact) mass is 545 g/mol. The van der Waals surface area contributed by atoms with E-state index in [0.29, 0.717) is 0 Å². The Kier molecular flexibility index (Phi) is 7.46. The maximum absolute atomic E-state index is 13.0. The van der Waals surface area contributed by atoms with E-state index in [1.165, 1.54) is 25.1 Å². The fourth-order valence-corrected chi connectivity index (χ4v) is 5.26. The number of fused-ring (bicyclic) bond motifs is 3. The Hall–Kier alpha value is -2.65. The van der Waals surface area contributed by atoms with Crippen LogP contribution in [0.3, 0.4) is 0 Å². The molecular weight excluding hydrogens is 521 g/mol. The summed E-state index contributed by atoms with van der Waals surface area (Å²) in [6, 6.07) is -1.13. The quantitative estimate of drug-likeness (QED) is 0.191. The summed E-state index contributed by atoms with van der Waals surface area (Å²) < 4.78 is 0. The third kappa shape index (κ3) is 3.48. The molecule has 0 aromatic rings. The van der Waals surface area contributed by atoms with Crippen LogP contribution in [0.1, 0.15) is 20.3 Å². The Morgan fingerprint density at radius 1 is 1.26 bits per heavy atom. The Labute approximate surface area is 220 Å². The minimum Gasteiger partial charge on any atom is -0.520 e. The van der Waals surface area contributed by atoms with Gasteiger partial charge in [0.25, 0.3) is 11.6 Å². The van der Waals surface area contributed by atoms with Gasteiger partial charge in [-0.25, -0.2) is 0 Å². The number of amides is 1. The molecule has 177 valence electrons. The Balaban J connectivity index is 0.00000204. The van der Waals surface area contributed by atoms with Gasteiger partial charge >= 0.3 is 0 Å². The zero-order valence-corrected chi connectivity index (χ0v) is 20.6. The number of allylic oxidation sites excluding steroid dienone is 5. The van der Waals surface area contributed by atoms with Gasteiger partial charge < -0.3 is 31.0 Å². The van der Waals surface area contributed by atoms with Gasteiger partial charge in [-0.15, -0.1) is 6.08 Å². The van der Waals surface area contributed by atoms with E-state index in [9.17, 15) is 40.2 Å². The first kappa shape index (κ1) is 27.6. The number of diazo groups is 1. The van der Waals surface area contributed by atoms with Crippen molar-refractivity contribution in [3.8, 4) is 0 Å². The van der Waals surface area contributed by atoms with Crippen molar-refractivity contribution in [2.24, 2.45) is 17.6 Å². The molecule has 1 amide bonds. The number of carbonyl (C=O) groups is 3. The molecule has 0 saturated carbocycles. The van der Waals surface area contributed by atoms with Gasteiger partial charge in [-0.1, -0.05) is 13.5 Å². The number of Topliss-reactive ketones (excluding diaryl/α,β-unsaturated/α-hetero) is 2. The molecule has 0 saturated heterocycles. The summed E-state index contributed by atoms with van der Waals surface area (Å²) in [5, 5.41) is 53.5. The van der Waals surface area contributed by atoms with E-state index in [2.05, 4.69) is 11.1 Å². The molecule has 4 rings (SSSR count). The van der Waals surface area contributed by atoms with Crippen molar-refractivity contribution < 1.29 is 67.5 Å². The van der Waals surface area contributed by atoms with Crippen molar-refractivity contribution in [1.29, 1.82) is 5.39 Å². The van der Waals surface area contributed by atoms with E-state index in [1.807, 2.05) is 0 Å². The summed E-state index contributed by atoms with van der Waals surface area (Å²) in [5.41, 5.74) is 1.59. The maximum atomic E-state index is 13.0. The number of aliphatic hydroxyl groups excluding tert-OH is 3. The second-order valence-corrected chi connectivity index (χ2v) is 8.44. The van der Waals surface area contributed by atoms with E-state index in [0.717, 1.165) is 0 Å². The SMILES string of the molecule is C.CN(C)[C@@H]1C(=O)C(C(N)=O)=C(O)[C@@]2(O)C(O)=C3C(O)=C4C(=O)[C-]=CC([N+]#N)=C4CC3CC12.[Y]. The molecule has 0 spiro atoms. The van der Waals surface area contributed by atoms with Crippen LogP contribution in [0, 0.1) is 23.3 Å². The summed E-state index contributed by atoms with van der Waals surface area (Å²) in [7, 11) is 3.06. The van der Waals surface area contributed by atoms with E-state index < -0.39 is 63.8 Å². The van der Waals surface area contributed by atoms with Crippen molar-refractivity contribution in [2.45, 2.75) is 31.9 Å². The van der Waals surface area contributed by atoms with Crippen molar-refractivity contribution in [2.75, 3.05) is 14.1 Å². The van der Waals surface area contributed by atoms with E-state index in [4.69, 9.17) is 5.73 Å². The predicted octanol–water partition coefficient (Wildman–Crippen LogP) is 0.875. The van der Waals surface area contributed by atoms with Crippen LogP contribution in [0.25, 0.3) is 4.98 Å². The van der Waals surface area contributed by atoms with Gasteiger partial charge in [-0.05, 0) is 44.0 Å². The summed E-state index contributed by atoms with van der Waals surface area (Å²) >= 11 is 0. The van der Waals surface area contributed by atoms with Gasteiger partial charge in [-0.2, -0.15) is 0 Å². The van der Waals surface area contributed by atoms with Crippen LogP contribution in [0.4, 0.5) is 0 Å². The number of primary amides is 1. The Bertz CT molecular complexity index is 1200. The molecule has 34 heavy (non-hydrogen) atoms. The standard InChI is InChI=1S/C21H20N4O7.CH4.Y/c1-25(2)15-9-6-7-5-8-10(24-23)3-4-11(26)13(8)16(27)12(7)18(29)21(9,32)19(30)14(17(15)28)20(22)31;;/h3,7,9,15,27,29-30,32H,5-6H2,1-2H3,(H2,22,31);1H4;/t7?,9?,15-,21-;;/m0../s1. The number of nitrogens with zero attached hydrogens (tertiary/aromatic N) is 3. The van der Waals surface area contributed by atoms with Crippen molar-refractivity contribution in [3.63, 3.8) is 0 Å². The van der Waals surface area contributed by atoms with Crippen LogP contribution in [-0.4, -0.2) is 68.5 Å². The zero-order chi connectivity index (χ0) is 23.7. The van der Waals surface area contributed by atoms with Crippen LogP contribution in [0.2, 0.25) is 0 Å². The molecule has 0 fully saturated rings. The third-order valence-corrected chi connectivity index (χ3v) is 6.62. The molecule has 2 unspecified atom stereocenters. The molecule has 4 aliphatic rings. The molecule has 0 aliphatic heterocycles. The third-order valence-electron chi connectivity index (χ3n) is 6.62.